The Balaban J connectivity index is 1.61. The normalized spacial score (nSPS) is 13.7. The van der Waals surface area contributed by atoms with Gasteiger partial charge in [0.05, 0.1) is 24.5 Å². The Morgan fingerprint density at radius 1 is 1.15 bits per heavy atom. The number of carbonyl (C=O) groups excluding carboxylic acids is 1. The summed E-state index contributed by atoms with van der Waals surface area (Å²) < 4.78 is 42.7. The molecule has 2 aromatic rings. The number of hydrogen-bond acceptors (Lipinski definition) is 6. The summed E-state index contributed by atoms with van der Waals surface area (Å²) in [5, 5.41) is 2.69. The van der Waals surface area contributed by atoms with E-state index in [0.717, 1.165) is 0 Å². The van der Waals surface area contributed by atoms with Crippen LogP contribution in [0.4, 0.5) is 11.4 Å². The van der Waals surface area contributed by atoms with E-state index in [1.54, 1.807) is 49.4 Å². The molecule has 0 fully saturated rings. The third kappa shape index (κ3) is 4.82. The number of nitrogens with one attached hydrogen (secondary N) is 2. The Morgan fingerprint density at radius 2 is 1.93 bits per heavy atom. The van der Waals surface area contributed by atoms with Crippen molar-refractivity contribution in [3.05, 3.63) is 42.5 Å². The van der Waals surface area contributed by atoms with Crippen LogP contribution in [0.5, 0.6) is 17.2 Å². The number of amides is 1. The van der Waals surface area contributed by atoms with Crippen LogP contribution in [0.1, 0.15) is 6.92 Å². The highest BCUT2D eigenvalue weighted by Crippen LogP contribution is 2.34. The summed E-state index contributed by atoms with van der Waals surface area (Å²) in [6.45, 7) is 1.68. The molecule has 0 aromatic heterocycles. The Labute approximate surface area is 157 Å². The maximum Gasteiger partial charge on any atom is 0.233 e. The van der Waals surface area contributed by atoms with Crippen molar-refractivity contribution in [2.24, 2.45) is 5.92 Å². The predicted octanol–water partition coefficient (Wildman–Crippen LogP) is 2.44. The van der Waals surface area contributed by atoms with Crippen LogP contribution in [-0.4, -0.2) is 34.0 Å². The summed E-state index contributed by atoms with van der Waals surface area (Å²) in [4.78, 5) is 12.3. The molecule has 2 aromatic carbocycles. The monoisotopic (exact) mass is 392 g/mol. The van der Waals surface area contributed by atoms with Gasteiger partial charge in [-0.3, -0.25) is 9.52 Å². The van der Waals surface area contributed by atoms with Crippen LogP contribution < -0.4 is 24.2 Å². The molecule has 0 saturated heterocycles. The van der Waals surface area contributed by atoms with E-state index in [-0.39, 0.29) is 12.5 Å². The van der Waals surface area contributed by atoms with Crippen molar-refractivity contribution in [3.63, 3.8) is 0 Å². The summed E-state index contributed by atoms with van der Waals surface area (Å²) in [6.07, 6.45) is 0. The highest BCUT2D eigenvalue weighted by Gasteiger charge is 2.23. The zero-order chi connectivity index (χ0) is 19.4. The van der Waals surface area contributed by atoms with Gasteiger partial charge >= 0.3 is 0 Å². The van der Waals surface area contributed by atoms with Crippen LogP contribution in [0.3, 0.4) is 0 Å². The van der Waals surface area contributed by atoms with Crippen molar-refractivity contribution < 1.29 is 27.4 Å². The molecule has 27 heavy (non-hydrogen) atoms. The van der Waals surface area contributed by atoms with Gasteiger partial charge in [0.15, 0.2) is 11.5 Å². The zero-order valence-electron chi connectivity index (χ0n) is 14.9. The number of anilines is 2. The van der Waals surface area contributed by atoms with Gasteiger partial charge in [-0.1, -0.05) is 13.0 Å². The molecule has 1 aliphatic heterocycles. The second-order valence-corrected chi connectivity index (χ2v) is 7.84. The summed E-state index contributed by atoms with van der Waals surface area (Å²) in [7, 11) is -2.22. The fourth-order valence-corrected chi connectivity index (χ4v) is 3.93. The largest absolute Gasteiger partial charge is 0.497 e. The first-order valence-electron chi connectivity index (χ1n) is 8.21. The fourth-order valence-electron chi connectivity index (χ4n) is 2.55. The number of ether oxygens (including phenoxy) is 3. The molecule has 1 atom stereocenters. The quantitative estimate of drug-likeness (QED) is 0.750. The Kier molecular flexibility index (Phi) is 5.41. The highest BCUT2D eigenvalue weighted by molar-refractivity contribution is 7.92. The van der Waals surface area contributed by atoms with Crippen LogP contribution in [0.25, 0.3) is 0 Å². The van der Waals surface area contributed by atoms with Gasteiger partial charge in [-0.05, 0) is 24.3 Å². The lowest BCUT2D eigenvalue weighted by molar-refractivity contribution is -0.118. The lowest BCUT2D eigenvalue weighted by Crippen LogP contribution is -2.29. The van der Waals surface area contributed by atoms with E-state index < -0.39 is 21.8 Å². The minimum atomic E-state index is -3.72. The molecular weight excluding hydrogens is 372 g/mol. The van der Waals surface area contributed by atoms with Crippen LogP contribution >= 0.6 is 0 Å². The molecule has 0 aliphatic carbocycles. The summed E-state index contributed by atoms with van der Waals surface area (Å²) in [6, 6.07) is 11.5. The number of fused-ring (bicyclic) bond motifs is 1. The second-order valence-electron chi connectivity index (χ2n) is 6.07. The first kappa shape index (κ1) is 18.8. The summed E-state index contributed by atoms with van der Waals surface area (Å²) in [5.41, 5.74) is 0.881. The van der Waals surface area contributed by atoms with Crippen molar-refractivity contribution in [1.29, 1.82) is 0 Å². The molecule has 144 valence electrons. The average molecular weight is 392 g/mol. The molecular formula is C18H20N2O6S. The molecule has 2 N–H and O–H groups in total. The molecule has 8 nitrogen and oxygen atoms in total. The molecule has 0 radical (unpaired) electrons. The first-order chi connectivity index (χ1) is 12.9. The summed E-state index contributed by atoms with van der Waals surface area (Å²) in [5.74, 6) is 0.131. The average Bonchev–Trinajstić information content (AvgIpc) is 3.08. The van der Waals surface area contributed by atoms with E-state index in [4.69, 9.17) is 14.2 Å². The van der Waals surface area contributed by atoms with Gasteiger partial charge < -0.3 is 19.5 Å². The molecule has 1 amide bonds. The number of carbonyl (C=O) groups is 1. The van der Waals surface area contributed by atoms with Crippen molar-refractivity contribution in [2.75, 3.05) is 29.7 Å². The molecule has 1 aliphatic rings. The van der Waals surface area contributed by atoms with E-state index in [9.17, 15) is 13.2 Å². The Morgan fingerprint density at radius 3 is 2.70 bits per heavy atom. The predicted molar refractivity (Wildman–Crippen MR) is 101 cm³/mol. The summed E-state index contributed by atoms with van der Waals surface area (Å²) >= 11 is 0. The van der Waals surface area contributed by atoms with Gasteiger partial charge in [0.2, 0.25) is 22.7 Å². The van der Waals surface area contributed by atoms with Crippen molar-refractivity contribution in [2.45, 2.75) is 6.92 Å². The molecule has 0 bridgehead atoms. The van der Waals surface area contributed by atoms with Crippen molar-refractivity contribution >= 4 is 27.3 Å². The minimum Gasteiger partial charge on any atom is -0.497 e. The zero-order valence-corrected chi connectivity index (χ0v) is 15.7. The number of methoxy groups -OCH3 is 1. The van der Waals surface area contributed by atoms with E-state index in [2.05, 4.69) is 10.0 Å². The van der Waals surface area contributed by atoms with Gasteiger partial charge in [-0.15, -0.1) is 0 Å². The van der Waals surface area contributed by atoms with E-state index in [0.29, 0.717) is 28.6 Å². The maximum atomic E-state index is 12.4. The highest BCUT2D eigenvalue weighted by atomic mass is 32.2. The van der Waals surface area contributed by atoms with E-state index in [1.807, 2.05) is 0 Å². The maximum absolute atomic E-state index is 12.4. The van der Waals surface area contributed by atoms with Gasteiger partial charge in [-0.2, -0.15) is 0 Å². The number of sulfonamides is 1. The lowest BCUT2D eigenvalue weighted by atomic mass is 10.2. The van der Waals surface area contributed by atoms with E-state index in [1.165, 1.54) is 7.11 Å². The number of hydrogen-bond donors (Lipinski definition) is 2. The molecule has 1 heterocycles. The molecule has 3 rings (SSSR count). The fraction of sp³-hybridized carbons (Fsp3) is 0.278. The van der Waals surface area contributed by atoms with Gasteiger partial charge in [-0.25, -0.2) is 8.42 Å². The standard InChI is InChI=1S/C18H20N2O6S/c1-12(10-27(22,23)20-14-4-3-5-15(8-14)24-2)18(21)19-13-6-7-16-17(9-13)26-11-25-16/h3-9,12,20H,10-11H2,1-2H3,(H,19,21). The van der Waals surface area contributed by atoms with Crippen LogP contribution in [0.15, 0.2) is 42.5 Å². The minimum absolute atomic E-state index is 0.136. The number of benzene rings is 2. The molecule has 0 spiro atoms. The SMILES string of the molecule is COc1cccc(NS(=O)(=O)CC(C)C(=O)Nc2ccc3c(c2)OCO3)c1. The lowest BCUT2D eigenvalue weighted by Gasteiger charge is -2.14. The Bertz CT molecular complexity index is 945. The third-order valence-corrected chi connectivity index (χ3v) is 5.39. The van der Waals surface area contributed by atoms with Gasteiger partial charge in [0.25, 0.3) is 0 Å². The van der Waals surface area contributed by atoms with Gasteiger partial charge in [0.1, 0.15) is 5.75 Å². The van der Waals surface area contributed by atoms with Crippen LogP contribution in [0, 0.1) is 5.92 Å². The van der Waals surface area contributed by atoms with Crippen LogP contribution in [-0.2, 0) is 14.8 Å². The third-order valence-electron chi connectivity index (χ3n) is 3.90. The van der Waals surface area contributed by atoms with E-state index >= 15 is 0 Å². The van der Waals surface area contributed by atoms with Crippen molar-refractivity contribution in [1.82, 2.24) is 0 Å². The molecule has 9 heteroatoms. The smallest absolute Gasteiger partial charge is 0.233 e. The first-order valence-corrected chi connectivity index (χ1v) is 9.86. The molecule has 0 saturated carbocycles. The second kappa shape index (κ2) is 7.75. The molecule has 1 unspecified atom stereocenters. The number of rotatable bonds is 7. The van der Waals surface area contributed by atoms with Gasteiger partial charge in [0, 0.05) is 17.8 Å². The topological polar surface area (TPSA) is 103 Å². The van der Waals surface area contributed by atoms with Crippen molar-refractivity contribution in [3.8, 4) is 17.2 Å². The Hall–Kier alpha value is -2.94. The van der Waals surface area contributed by atoms with Crippen LogP contribution in [0.2, 0.25) is 0 Å².